The predicted octanol–water partition coefficient (Wildman–Crippen LogP) is 3.90. The average Bonchev–Trinajstić information content (AvgIpc) is 2.65. The number of urea groups is 1. The van der Waals surface area contributed by atoms with E-state index < -0.39 is 17.8 Å². The van der Waals surface area contributed by atoms with Crippen molar-refractivity contribution in [2.45, 2.75) is 0 Å². The number of nitrogens with zero attached hydrogens (tertiary/aromatic N) is 1. The Morgan fingerprint density at radius 3 is 2.29 bits per heavy atom. The van der Waals surface area contributed by atoms with Gasteiger partial charge in [0.05, 0.1) is 24.4 Å². The van der Waals surface area contributed by atoms with Gasteiger partial charge in [0.25, 0.3) is 11.8 Å². The Bertz CT molecular complexity index is 1000. The van der Waals surface area contributed by atoms with E-state index in [1.807, 2.05) is 0 Å². The third-order valence-electron chi connectivity index (χ3n) is 3.97. The molecule has 0 unspecified atom stereocenters. The second-order valence-corrected chi connectivity index (χ2v) is 7.44. The fourth-order valence-corrected chi connectivity index (χ4v) is 4.10. The van der Waals surface area contributed by atoms with E-state index >= 15 is 0 Å². The molecule has 0 spiro atoms. The molecular formula is C19H14Br2N2O5. The molecule has 3 rings (SSSR count). The first-order valence-corrected chi connectivity index (χ1v) is 9.53. The number of hydrogen-bond acceptors (Lipinski definition) is 5. The van der Waals surface area contributed by atoms with Gasteiger partial charge in [-0.3, -0.25) is 14.9 Å². The van der Waals surface area contributed by atoms with E-state index in [-0.39, 0.29) is 5.57 Å². The average molecular weight is 510 g/mol. The molecule has 1 saturated heterocycles. The molecule has 0 aliphatic carbocycles. The van der Waals surface area contributed by atoms with Gasteiger partial charge >= 0.3 is 6.03 Å². The molecule has 1 aliphatic rings. The van der Waals surface area contributed by atoms with E-state index in [1.54, 1.807) is 36.4 Å². The molecule has 1 heterocycles. The number of nitrogens with one attached hydrogen (secondary N) is 1. The maximum Gasteiger partial charge on any atom is 0.335 e. The maximum atomic E-state index is 13.0. The van der Waals surface area contributed by atoms with Gasteiger partial charge in [0.1, 0.15) is 17.1 Å². The molecule has 28 heavy (non-hydrogen) atoms. The molecule has 1 aliphatic heterocycles. The van der Waals surface area contributed by atoms with Crippen LogP contribution in [0.1, 0.15) is 5.56 Å². The second-order valence-electron chi connectivity index (χ2n) is 5.67. The monoisotopic (exact) mass is 508 g/mol. The van der Waals surface area contributed by atoms with Crippen molar-refractivity contribution in [2.24, 2.45) is 0 Å². The molecule has 0 radical (unpaired) electrons. The molecule has 0 bridgehead atoms. The van der Waals surface area contributed by atoms with Crippen LogP contribution in [-0.2, 0) is 9.59 Å². The molecule has 7 nitrogen and oxygen atoms in total. The standard InChI is InChI=1S/C19H14Br2N2O5/c1-27-13-5-3-12(4-6-13)23-18(25)14(17(24)22-19(23)26)8-10-7-11(20)9-15(21)16(10)28-2/h3-9H,1-2H3,(H,22,24,26)/b14-8+. The number of benzene rings is 2. The summed E-state index contributed by atoms with van der Waals surface area (Å²) >= 11 is 6.75. The van der Waals surface area contributed by atoms with Gasteiger partial charge in [0, 0.05) is 10.0 Å². The van der Waals surface area contributed by atoms with Crippen LogP contribution >= 0.6 is 31.9 Å². The number of hydrogen-bond donors (Lipinski definition) is 1. The van der Waals surface area contributed by atoms with Gasteiger partial charge < -0.3 is 9.47 Å². The first kappa shape index (κ1) is 20.1. The molecule has 1 fully saturated rings. The van der Waals surface area contributed by atoms with Gasteiger partial charge in [-0.15, -0.1) is 0 Å². The number of halogens is 2. The van der Waals surface area contributed by atoms with E-state index in [9.17, 15) is 14.4 Å². The van der Waals surface area contributed by atoms with Crippen molar-refractivity contribution in [3.8, 4) is 11.5 Å². The van der Waals surface area contributed by atoms with Crippen LogP contribution in [-0.4, -0.2) is 32.1 Å². The summed E-state index contributed by atoms with van der Waals surface area (Å²) in [5.41, 5.74) is 0.606. The maximum absolute atomic E-state index is 13.0. The lowest BCUT2D eigenvalue weighted by molar-refractivity contribution is -0.122. The fourth-order valence-electron chi connectivity index (χ4n) is 2.68. The van der Waals surface area contributed by atoms with Crippen LogP contribution < -0.4 is 19.7 Å². The van der Waals surface area contributed by atoms with Crippen LogP contribution in [0.5, 0.6) is 11.5 Å². The number of carbonyl (C=O) groups is 3. The van der Waals surface area contributed by atoms with Crippen LogP contribution in [0.4, 0.5) is 10.5 Å². The van der Waals surface area contributed by atoms with Crippen molar-refractivity contribution in [1.29, 1.82) is 0 Å². The van der Waals surface area contributed by atoms with Crippen LogP contribution in [0.25, 0.3) is 6.08 Å². The number of carbonyl (C=O) groups excluding carboxylic acids is 3. The van der Waals surface area contributed by atoms with Crippen molar-refractivity contribution in [3.05, 3.63) is 56.5 Å². The van der Waals surface area contributed by atoms with E-state index in [0.717, 1.165) is 9.37 Å². The molecule has 4 amide bonds. The third-order valence-corrected chi connectivity index (χ3v) is 5.02. The van der Waals surface area contributed by atoms with Crippen LogP contribution in [0.15, 0.2) is 50.9 Å². The third kappa shape index (κ3) is 3.81. The van der Waals surface area contributed by atoms with Crippen molar-refractivity contribution < 1.29 is 23.9 Å². The number of imide groups is 2. The lowest BCUT2D eigenvalue weighted by Crippen LogP contribution is -2.54. The van der Waals surface area contributed by atoms with Crippen molar-refractivity contribution >= 4 is 61.5 Å². The summed E-state index contributed by atoms with van der Waals surface area (Å²) in [6, 6.07) is 9.00. The SMILES string of the molecule is COc1ccc(N2C(=O)NC(=O)/C(=C\c3cc(Br)cc(Br)c3OC)C2=O)cc1. The summed E-state index contributed by atoms with van der Waals surface area (Å²) < 4.78 is 11.8. The minimum atomic E-state index is -0.820. The van der Waals surface area contributed by atoms with E-state index in [2.05, 4.69) is 37.2 Å². The smallest absolute Gasteiger partial charge is 0.335 e. The summed E-state index contributed by atoms with van der Waals surface area (Å²) in [7, 11) is 2.99. The first-order valence-electron chi connectivity index (χ1n) is 7.94. The Kier molecular flexibility index (Phi) is 5.85. The van der Waals surface area contributed by atoms with Gasteiger partial charge in [0.2, 0.25) is 0 Å². The highest BCUT2D eigenvalue weighted by Crippen LogP contribution is 2.34. The number of anilines is 1. The number of methoxy groups -OCH3 is 2. The molecule has 144 valence electrons. The molecule has 1 N–H and O–H groups in total. The largest absolute Gasteiger partial charge is 0.497 e. The van der Waals surface area contributed by atoms with Crippen molar-refractivity contribution in [2.75, 3.05) is 19.1 Å². The summed E-state index contributed by atoms with van der Waals surface area (Å²) in [4.78, 5) is 38.5. The summed E-state index contributed by atoms with van der Waals surface area (Å²) in [6.45, 7) is 0. The van der Waals surface area contributed by atoms with Gasteiger partial charge in [-0.2, -0.15) is 0 Å². The Morgan fingerprint density at radius 2 is 1.68 bits per heavy atom. The van der Waals surface area contributed by atoms with Gasteiger partial charge in [-0.1, -0.05) is 15.9 Å². The second kappa shape index (κ2) is 8.15. The summed E-state index contributed by atoms with van der Waals surface area (Å²) in [5.74, 6) is -0.497. The topological polar surface area (TPSA) is 84.9 Å². The Balaban J connectivity index is 2.06. The van der Waals surface area contributed by atoms with Gasteiger partial charge in [0.15, 0.2) is 0 Å². The number of barbiturate groups is 1. The van der Waals surface area contributed by atoms with Crippen LogP contribution in [0.2, 0.25) is 0 Å². The van der Waals surface area contributed by atoms with E-state index in [0.29, 0.717) is 27.2 Å². The van der Waals surface area contributed by atoms with Crippen molar-refractivity contribution in [3.63, 3.8) is 0 Å². The molecule has 0 atom stereocenters. The predicted molar refractivity (Wildman–Crippen MR) is 110 cm³/mol. The minimum absolute atomic E-state index is 0.196. The molecule has 0 aromatic heterocycles. The number of rotatable bonds is 4. The zero-order valence-electron chi connectivity index (χ0n) is 14.8. The molecule has 2 aromatic rings. The summed E-state index contributed by atoms with van der Waals surface area (Å²) in [5, 5.41) is 2.19. The Hall–Kier alpha value is -2.65. The Morgan fingerprint density at radius 1 is 1.00 bits per heavy atom. The highest BCUT2D eigenvalue weighted by molar-refractivity contribution is 9.11. The van der Waals surface area contributed by atoms with Crippen molar-refractivity contribution in [1.82, 2.24) is 5.32 Å². The molecule has 9 heteroatoms. The van der Waals surface area contributed by atoms with Gasteiger partial charge in [-0.05, 0) is 58.4 Å². The molecule has 0 saturated carbocycles. The number of ether oxygens (including phenoxy) is 2. The fraction of sp³-hybridized carbons (Fsp3) is 0.105. The summed E-state index contributed by atoms with van der Waals surface area (Å²) in [6.07, 6.45) is 1.38. The zero-order chi connectivity index (χ0) is 20.4. The lowest BCUT2D eigenvalue weighted by atomic mass is 10.1. The lowest BCUT2D eigenvalue weighted by Gasteiger charge is -2.26. The number of amides is 4. The molecule has 2 aromatic carbocycles. The van der Waals surface area contributed by atoms with E-state index in [1.165, 1.54) is 20.3 Å². The molecular weight excluding hydrogens is 496 g/mol. The van der Waals surface area contributed by atoms with Crippen LogP contribution in [0, 0.1) is 0 Å². The normalized spacial score (nSPS) is 15.6. The first-order chi connectivity index (χ1) is 13.3. The zero-order valence-corrected chi connectivity index (χ0v) is 18.0. The highest BCUT2D eigenvalue weighted by atomic mass is 79.9. The highest BCUT2D eigenvalue weighted by Gasteiger charge is 2.37. The Labute approximate surface area is 177 Å². The van der Waals surface area contributed by atoms with Crippen LogP contribution in [0.3, 0.4) is 0 Å². The van der Waals surface area contributed by atoms with E-state index in [4.69, 9.17) is 9.47 Å². The van der Waals surface area contributed by atoms with Gasteiger partial charge in [-0.25, -0.2) is 9.69 Å². The minimum Gasteiger partial charge on any atom is -0.497 e. The quantitative estimate of drug-likeness (QED) is 0.499.